The van der Waals surface area contributed by atoms with Crippen molar-refractivity contribution in [1.29, 1.82) is 0 Å². The van der Waals surface area contributed by atoms with Crippen LogP contribution in [0.5, 0.6) is 5.75 Å². The molecule has 0 spiro atoms. The molecular weight excluding hydrogens is 514 g/mol. The van der Waals surface area contributed by atoms with Gasteiger partial charge in [-0.3, -0.25) is 8.86 Å². The first-order chi connectivity index (χ1) is 16.4. The first-order valence-corrected chi connectivity index (χ1v) is 13.7. The Hall–Kier alpha value is -3.26. The van der Waals surface area contributed by atoms with Gasteiger partial charge in [0.15, 0.2) is 17.2 Å². The molecule has 4 aromatic rings. The van der Waals surface area contributed by atoms with Crippen molar-refractivity contribution in [3.8, 4) is 17.1 Å². The van der Waals surface area contributed by atoms with Gasteiger partial charge in [-0.15, -0.1) is 11.3 Å². The Labute approximate surface area is 207 Å². The number of pyridine rings is 1. The second-order valence-electron chi connectivity index (χ2n) is 7.24. The molecule has 0 aliphatic rings. The zero-order valence-corrected chi connectivity index (χ0v) is 21.7. The van der Waals surface area contributed by atoms with Gasteiger partial charge in [0.25, 0.3) is 10.0 Å². The number of aromatic nitrogens is 2. The molecule has 0 amide bonds. The first-order valence-electron chi connectivity index (χ1n) is 9.94. The first kappa shape index (κ1) is 26.3. The van der Waals surface area contributed by atoms with Gasteiger partial charge in [-0.05, 0) is 43.7 Å². The van der Waals surface area contributed by atoms with Crippen molar-refractivity contribution in [2.75, 3.05) is 18.5 Å². The fourth-order valence-corrected chi connectivity index (χ4v) is 5.74. The molecule has 1 N–H and O–H groups in total. The minimum Gasteiger partial charge on any atom is -0.495 e. The molecule has 0 radical (unpaired) electrons. The molecule has 4 rings (SSSR count). The van der Waals surface area contributed by atoms with Crippen molar-refractivity contribution in [2.45, 2.75) is 23.8 Å². The third-order valence-corrected chi connectivity index (χ3v) is 8.37. The largest absolute Gasteiger partial charge is 0.495 e. The summed E-state index contributed by atoms with van der Waals surface area (Å²) < 4.78 is 66.4. The van der Waals surface area contributed by atoms with Crippen molar-refractivity contribution in [2.24, 2.45) is 0 Å². The molecule has 0 bridgehead atoms. The van der Waals surface area contributed by atoms with Crippen molar-refractivity contribution >= 4 is 37.2 Å². The highest BCUT2D eigenvalue weighted by Gasteiger charge is 2.24. The van der Waals surface area contributed by atoms with E-state index in [1.807, 2.05) is 26.0 Å². The summed E-state index contributed by atoms with van der Waals surface area (Å²) in [6.45, 7) is 3.77. The highest BCUT2D eigenvalue weighted by molar-refractivity contribution is 7.93. The molecule has 186 valence electrons. The molecule has 0 aliphatic carbocycles. The summed E-state index contributed by atoms with van der Waals surface area (Å²) in [7, 11) is -4.78. The van der Waals surface area contributed by atoms with Gasteiger partial charge in [0.1, 0.15) is 5.75 Å². The number of anilines is 1. The smallest absolute Gasteiger partial charge is 0.312 e. The lowest BCUT2D eigenvalue weighted by Crippen LogP contribution is -2.26. The van der Waals surface area contributed by atoms with Crippen LogP contribution in [0.3, 0.4) is 0 Å². The average molecular weight is 538 g/mol. The predicted molar refractivity (Wildman–Crippen MR) is 132 cm³/mol. The van der Waals surface area contributed by atoms with Crippen molar-refractivity contribution in [3.05, 3.63) is 71.0 Å². The number of rotatable bonds is 6. The van der Waals surface area contributed by atoms with Crippen LogP contribution in [0.2, 0.25) is 0 Å². The van der Waals surface area contributed by atoms with Gasteiger partial charge >= 0.3 is 10.1 Å². The van der Waals surface area contributed by atoms with Gasteiger partial charge in [-0.2, -0.15) is 8.42 Å². The Morgan fingerprint density at radius 3 is 2.31 bits per heavy atom. The number of thiophene rings is 1. The second-order valence-corrected chi connectivity index (χ2v) is 11.7. The highest BCUT2D eigenvalue weighted by atomic mass is 32.2. The number of benzene rings is 1. The molecule has 0 unspecified atom stereocenters. The van der Waals surface area contributed by atoms with E-state index in [9.17, 15) is 16.8 Å². The van der Waals surface area contributed by atoms with E-state index < -0.39 is 20.1 Å². The Bertz CT molecular complexity index is 1500. The summed E-state index contributed by atoms with van der Waals surface area (Å²) in [5.74, 6) is 1.03. The Morgan fingerprint density at radius 2 is 1.80 bits per heavy atom. The van der Waals surface area contributed by atoms with Gasteiger partial charge < -0.3 is 9.15 Å². The molecule has 10 nitrogen and oxygen atoms in total. The lowest BCUT2D eigenvalue weighted by molar-refractivity contribution is 0.411. The van der Waals surface area contributed by atoms with Gasteiger partial charge in [0.2, 0.25) is 0 Å². The number of sulfonamides is 1. The number of methoxy groups -OCH3 is 1. The Balaban J connectivity index is 0.000000241. The van der Waals surface area contributed by atoms with Crippen LogP contribution in [-0.4, -0.2) is 45.5 Å². The third kappa shape index (κ3) is 6.25. The fourth-order valence-electron chi connectivity index (χ4n) is 2.94. The monoisotopic (exact) mass is 537 g/mol. The summed E-state index contributed by atoms with van der Waals surface area (Å²) in [5, 5.41) is 1.28. The van der Waals surface area contributed by atoms with Gasteiger partial charge in [-0.25, -0.2) is 18.4 Å². The van der Waals surface area contributed by atoms with E-state index in [1.165, 1.54) is 41.4 Å². The van der Waals surface area contributed by atoms with Crippen LogP contribution in [-0.2, 0) is 20.1 Å². The summed E-state index contributed by atoms with van der Waals surface area (Å²) in [5.41, 5.74) is 2.26. The lowest BCUT2D eigenvalue weighted by Gasteiger charge is -2.21. The molecule has 0 saturated carbocycles. The molecule has 3 heterocycles. The normalized spacial score (nSPS) is 11.5. The van der Waals surface area contributed by atoms with Gasteiger partial charge in [0, 0.05) is 22.9 Å². The topological polar surface area (TPSA) is 140 Å². The Kier molecular flexibility index (Phi) is 7.95. The van der Waals surface area contributed by atoms with Crippen molar-refractivity contribution in [3.63, 3.8) is 0 Å². The molecule has 0 saturated heterocycles. The number of oxazole rings is 1. The average Bonchev–Trinajstić information content (AvgIpc) is 3.51. The molecule has 1 aromatic carbocycles. The highest BCUT2D eigenvalue weighted by Crippen LogP contribution is 2.31. The summed E-state index contributed by atoms with van der Waals surface area (Å²) in [4.78, 5) is 8.63. The van der Waals surface area contributed by atoms with E-state index in [2.05, 4.69) is 9.97 Å². The number of ether oxygens (including phenoxy) is 1. The summed E-state index contributed by atoms with van der Waals surface area (Å²) in [6.07, 6.45) is 4.16. The molecule has 0 aliphatic heterocycles. The minimum absolute atomic E-state index is 0.312. The predicted octanol–water partition coefficient (Wildman–Crippen LogP) is 4.18. The Morgan fingerprint density at radius 1 is 1.06 bits per heavy atom. The van der Waals surface area contributed by atoms with E-state index >= 15 is 0 Å². The SMILES string of the molecule is COc1ccc(S(=O)(=O)O)nc1.Cc1cc(S(=O)(=O)N(C)c2cc(-c3cnco3)ccc2C)cs1. The van der Waals surface area contributed by atoms with E-state index in [0.717, 1.165) is 22.1 Å². The van der Waals surface area contributed by atoms with Crippen LogP contribution in [0.4, 0.5) is 5.69 Å². The van der Waals surface area contributed by atoms with E-state index in [4.69, 9.17) is 13.7 Å². The molecular formula is C22H23N3O7S3. The number of hydrogen-bond donors (Lipinski definition) is 1. The van der Waals surface area contributed by atoms with Gasteiger partial charge in [-0.1, -0.05) is 12.1 Å². The fraction of sp³-hybridized carbons (Fsp3) is 0.182. The van der Waals surface area contributed by atoms with Crippen LogP contribution >= 0.6 is 11.3 Å². The summed E-state index contributed by atoms with van der Waals surface area (Å²) >= 11 is 1.42. The zero-order chi connectivity index (χ0) is 25.8. The van der Waals surface area contributed by atoms with Crippen LogP contribution in [0.25, 0.3) is 11.3 Å². The van der Waals surface area contributed by atoms with Crippen LogP contribution in [0, 0.1) is 13.8 Å². The van der Waals surface area contributed by atoms with Crippen LogP contribution in [0.1, 0.15) is 10.4 Å². The van der Waals surface area contributed by atoms with Crippen molar-refractivity contribution in [1.82, 2.24) is 9.97 Å². The van der Waals surface area contributed by atoms with E-state index in [1.54, 1.807) is 30.8 Å². The maximum Gasteiger partial charge on any atom is 0.312 e. The second kappa shape index (κ2) is 10.6. The molecule has 0 atom stereocenters. The standard InChI is InChI=1S/C16H16N2O3S2.C6H7NO4S/c1-11-4-5-13(16-8-17-10-21-16)7-15(11)18(3)23(19,20)14-6-12(2)22-9-14;1-11-5-2-3-6(7-4-5)12(8,9)10/h4-10H,1-3H3;2-4H,1H3,(H,8,9,10). The number of aryl methyl sites for hydroxylation is 2. The van der Waals surface area contributed by atoms with Gasteiger partial charge in [0.05, 0.1) is 30.1 Å². The number of hydrogen-bond acceptors (Lipinski definition) is 9. The number of nitrogens with zero attached hydrogens (tertiary/aromatic N) is 3. The minimum atomic E-state index is -4.19. The van der Waals surface area contributed by atoms with Crippen LogP contribution in [0.15, 0.2) is 74.9 Å². The van der Waals surface area contributed by atoms with E-state index in [0.29, 0.717) is 22.1 Å². The molecule has 3 aromatic heterocycles. The molecule has 13 heteroatoms. The van der Waals surface area contributed by atoms with Crippen LogP contribution < -0.4 is 9.04 Å². The quantitative estimate of drug-likeness (QED) is 0.359. The van der Waals surface area contributed by atoms with Crippen molar-refractivity contribution < 1.29 is 30.5 Å². The molecule has 35 heavy (non-hydrogen) atoms. The van der Waals surface area contributed by atoms with E-state index in [-0.39, 0.29) is 5.03 Å². The summed E-state index contributed by atoms with van der Waals surface area (Å²) in [6, 6.07) is 9.80. The maximum atomic E-state index is 12.8. The maximum absolute atomic E-state index is 12.8. The lowest BCUT2D eigenvalue weighted by atomic mass is 10.1. The third-order valence-electron chi connectivity index (χ3n) is 4.84. The molecule has 0 fully saturated rings. The zero-order valence-electron chi connectivity index (χ0n) is 19.2.